The van der Waals surface area contributed by atoms with Crippen molar-refractivity contribution in [1.29, 1.82) is 0 Å². The van der Waals surface area contributed by atoms with Crippen molar-refractivity contribution in [2.24, 2.45) is 0 Å². The molecule has 0 fully saturated rings. The molecular weight excluding hydrogens is 344 g/mol. The SMILES string of the molecule is COC(=O)c1cn(CC(=O)Nc2cc(C)c(OC)cc2C)c2ccccc12. The number of carbonyl (C=O) groups is 2. The molecule has 140 valence electrons. The van der Waals surface area contributed by atoms with Gasteiger partial charge in [0.05, 0.1) is 19.8 Å². The van der Waals surface area contributed by atoms with Gasteiger partial charge in [0.1, 0.15) is 12.3 Å². The van der Waals surface area contributed by atoms with E-state index in [1.165, 1.54) is 7.11 Å². The number of aromatic nitrogens is 1. The van der Waals surface area contributed by atoms with Gasteiger partial charge in [-0.3, -0.25) is 4.79 Å². The third-order valence-electron chi connectivity index (χ3n) is 4.52. The van der Waals surface area contributed by atoms with Crippen LogP contribution in [-0.4, -0.2) is 30.7 Å². The van der Waals surface area contributed by atoms with E-state index in [9.17, 15) is 9.59 Å². The van der Waals surface area contributed by atoms with Crippen molar-refractivity contribution in [2.45, 2.75) is 20.4 Å². The largest absolute Gasteiger partial charge is 0.496 e. The van der Waals surface area contributed by atoms with Gasteiger partial charge in [0.25, 0.3) is 0 Å². The number of hydrogen-bond acceptors (Lipinski definition) is 4. The Morgan fingerprint density at radius 1 is 1.07 bits per heavy atom. The lowest BCUT2D eigenvalue weighted by Gasteiger charge is -2.13. The van der Waals surface area contributed by atoms with Crippen molar-refractivity contribution < 1.29 is 19.1 Å². The van der Waals surface area contributed by atoms with Gasteiger partial charge in [-0.05, 0) is 43.2 Å². The van der Waals surface area contributed by atoms with Gasteiger partial charge in [0, 0.05) is 22.8 Å². The number of carbonyl (C=O) groups excluding carboxylic acids is 2. The highest BCUT2D eigenvalue weighted by atomic mass is 16.5. The van der Waals surface area contributed by atoms with E-state index in [1.807, 2.05) is 50.2 Å². The third-order valence-corrected chi connectivity index (χ3v) is 4.52. The van der Waals surface area contributed by atoms with Crippen LogP contribution in [0.3, 0.4) is 0 Å². The number of nitrogens with one attached hydrogen (secondary N) is 1. The number of anilines is 1. The quantitative estimate of drug-likeness (QED) is 0.699. The monoisotopic (exact) mass is 366 g/mol. The van der Waals surface area contributed by atoms with Crippen molar-refractivity contribution in [3.8, 4) is 5.75 Å². The topological polar surface area (TPSA) is 69.6 Å². The predicted octanol–water partition coefficient (Wildman–Crippen LogP) is 3.69. The standard InChI is InChI=1S/C21H22N2O4/c1-13-10-19(26-3)14(2)9-17(13)22-20(24)12-23-11-16(21(25)27-4)15-7-5-6-8-18(15)23/h5-11H,12H2,1-4H3,(H,22,24). The lowest BCUT2D eigenvalue weighted by atomic mass is 10.1. The molecule has 0 unspecified atom stereocenters. The maximum absolute atomic E-state index is 12.6. The first kappa shape index (κ1) is 18.5. The summed E-state index contributed by atoms with van der Waals surface area (Å²) in [5.41, 5.74) is 3.84. The Bertz CT molecular complexity index is 1020. The second kappa shape index (κ2) is 7.53. The molecular formula is C21H22N2O4. The number of para-hydroxylation sites is 1. The molecule has 1 N–H and O–H groups in total. The Morgan fingerprint density at radius 2 is 1.81 bits per heavy atom. The summed E-state index contributed by atoms with van der Waals surface area (Å²) >= 11 is 0. The Balaban J connectivity index is 1.87. The minimum Gasteiger partial charge on any atom is -0.496 e. The number of ether oxygens (including phenoxy) is 2. The molecule has 0 aliphatic carbocycles. The number of amides is 1. The second-order valence-electron chi connectivity index (χ2n) is 6.36. The van der Waals surface area contributed by atoms with E-state index in [1.54, 1.807) is 17.9 Å². The summed E-state index contributed by atoms with van der Waals surface area (Å²) in [4.78, 5) is 24.6. The molecule has 0 aliphatic rings. The minimum absolute atomic E-state index is 0.0853. The average molecular weight is 366 g/mol. The summed E-state index contributed by atoms with van der Waals surface area (Å²) in [5.74, 6) is 0.177. The molecule has 0 aliphatic heterocycles. The molecule has 6 nitrogen and oxygen atoms in total. The van der Waals surface area contributed by atoms with E-state index in [4.69, 9.17) is 9.47 Å². The van der Waals surface area contributed by atoms with Crippen LogP contribution in [0.2, 0.25) is 0 Å². The minimum atomic E-state index is -0.424. The highest BCUT2D eigenvalue weighted by Gasteiger charge is 2.17. The Labute approximate surface area is 157 Å². The van der Waals surface area contributed by atoms with E-state index in [-0.39, 0.29) is 12.5 Å². The molecule has 0 radical (unpaired) electrons. The molecule has 27 heavy (non-hydrogen) atoms. The zero-order valence-corrected chi connectivity index (χ0v) is 15.8. The first-order chi connectivity index (χ1) is 12.9. The van der Waals surface area contributed by atoms with Gasteiger partial charge in [-0.25, -0.2) is 4.79 Å². The number of hydrogen-bond donors (Lipinski definition) is 1. The van der Waals surface area contributed by atoms with E-state index in [0.29, 0.717) is 5.56 Å². The van der Waals surface area contributed by atoms with Crippen molar-refractivity contribution in [1.82, 2.24) is 4.57 Å². The fourth-order valence-corrected chi connectivity index (χ4v) is 3.14. The number of fused-ring (bicyclic) bond motifs is 1. The van der Waals surface area contributed by atoms with Crippen molar-refractivity contribution in [3.63, 3.8) is 0 Å². The van der Waals surface area contributed by atoms with Crippen LogP contribution in [0, 0.1) is 13.8 Å². The van der Waals surface area contributed by atoms with Crippen LogP contribution in [0.5, 0.6) is 5.75 Å². The molecule has 6 heteroatoms. The Kier molecular flexibility index (Phi) is 5.16. The number of benzene rings is 2. The average Bonchev–Trinajstić information content (AvgIpc) is 3.02. The molecule has 0 saturated heterocycles. The normalized spacial score (nSPS) is 10.7. The molecule has 1 amide bonds. The van der Waals surface area contributed by atoms with Crippen molar-refractivity contribution in [3.05, 3.63) is 59.3 Å². The molecule has 3 rings (SSSR count). The molecule has 1 aromatic heterocycles. The van der Waals surface area contributed by atoms with Crippen LogP contribution in [0.25, 0.3) is 10.9 Å². The van der Waals surface area contributed by atoms with Gasteiger partial charge in [0.15, 0.2) is 0 Å². The van der Waals surface area contributed by atoms with E-state index in [0.717, 1.165) is 33.5 Å². The van der Waals surface area contributed by atoms with Gasteiger partial charge in [-0.2, -0.15) is 0 Å². The summed E-state index contributed by atoms with van der Waals surface area (Å²) in [6, 6.07) is 11.2. The van der Waals surface area contributed by atoms with E-state index >= 15 is 0 Å². The molecule has 0 spiro atoms. The Hall–Kier alpha value is -3.28. The summed E-state index contributed by atoms with van der Waals surface area (Å²) in [6.07, 6.45) is 1.65. The van der Waals surface area contributed by atoms with E-state index < -0.39 is 5.97 Å². The van der Waals surface area contributed by atoms with Gasteiger partial charge in [-0.1, -0.05) is 18.2 Å². The lowest BCUT2D eigenvalue weighted by Crippen LogP contribution is -2.19. The maximum Gasteiger partial charge on any atom is 0.340 e. The van der Waals surface area contributed by atoms with Crippen LogP contribution in [0.4, 0.5) is 5.69 Å². The predicted molar refractivity (Wildman–Crippen MR) is 104 cm³/mol. The summed E-state index contributed by atoms with van der Waals surface area (Å²) in [5, 5.41) is 3.69. The van der Waals surface area contributed by atoms with Crippen LogP contribution in [0.15, 0.2) is 42.6 Å². The molecule has 1 heterocycles. The summed E-state index contributed by atoms with van der Waals surface area (Å²) < 4.78 is 11.9. The molecule has 3 aromatic rings. The first-order valence-corrected chi connectivity index (χ1v) is 8.56. The zero-order valence-electron chi connectivity index (χ0n) is 15.8. The molecule has 2 aromatic carbocycles. The van der Waals surface area contributed by atoms with Crippen LogP contribution < -0.4 is 10.1 Å². The molecule has 0 saturated carbocycles. The second-order valence-corrected chi connectivity index (χ2v) is 6.36. The molecule has 0 atom stereocenters. The van der Waals surface area contributed by atoms with Crippen molar-refractivity contribution >= 4 is 28.5 Å². The van der Waals surface area contributed by atoms with Crippen LogP contribution in [0.1, 0.15) is 21.5 Å². The smallest absolute Gasteiger partial charge is 0.340 e. The van der Waals surface area contributed by atoms with Crippen molar-refractivity contribution in [2.75, 3.05) is 19.5 Å². The number of esters is 1. The van der Waals surface area contributed by atoms with Gasteiger partial charge in [0.2, 0.25) is 5.91 Å². The fraction of sp³-hybridized carbons (Fsp3) is 0.238. The maximum atomic E-state index is 12.6. The highest BCUT2D eigenvalue weighted by molar-refractivity contribution is 6.05. The van der Waals surface area contributed by atoms with Crippen LogP contribution >= 0.6 is 0 Å². The van der Waals surface area contributed by atoms with E-state index in [2.05, 4.69) is 5.32 Å². The number of methoxy groups -OCH3 is 2. The first-order valence-electron chi connectivity index (χ1n) is 8.56. The summed E-state index contributed by atoms with van der Waals surface area (Å²) in [7, 11) is 2.96. The van der Waals surface area contributed by atoms with Gasteiger partial charge < -0.3 is 19.4 Å². The van der Waals surface area contributed by atoms with Gasteiger partial charge in [-0.15, -0.1) is 0 Å². The Morgan fingerprint density at radius 3 is 2.52 bits per heavy atom. The lowest BCUT2D eigenvalue weighted by molar-refractivity contribution is -0.116. The fourth-order valence-electron chi connectivity index (χ4n) is 3.14. The third kappa shape index (κ3) is 3.65. The number of rotatable bonds is 5. The zero-order chi connectivity index (χ0) is 19.6. The number of nitrogens with zero attached hydrogens (tertiary/aromatic N) is 1. The molecule has 0 bridgehead atoms. The highest BCUT2D eigenvalue weighted by Crippen LogP contribution is 2.26. The number of aryl methyl sites for hydroxylation is 2. The summed E-state index contributed by atoms with van der Waals surface area (Å²) in [6.45, 7) is 3.93. The van der Waals surface area contributed by atoms with Crippen LogP contribution in [-0.2, 0) is 16.1 Å². The van der Waals surface area contributed by atoms with Gasteiger partial charge >= 0.3 is 5.97 Å².